The predicted molar refractivity (Wildman–Crippen MR) is 53.6 cm³/mol. The van der Waals surface area contributed by atoms with Crippen LogP contribution < -0.4 is 10.1 Å². The molecule has 15 heavy (non-hydrogen) atoms. The van der Waals surface area contributed by atoms with Crippen LogP contribution in [0, 0.1) is 5.82 Å². The fourth-order valence-electron chi connectivity index (χ4n) is 1.03. The molecule has 0 saturated carbocycles. The number of benzene rings is 1. The van der Waals surface area contributed by atoms with Crippen molar-refractivity contribution < 1.29 is 18.7 Å². The Morgan fingerprint density at radius 2 is 2.27 bits per heavy atom. The summed E-state index contributed by atoms with van der Waals surface area (Å²) in [6.07, 6.45) is -0.609. The van der Waals surface area contributed by atoms with Crippen LogP contribution in [0.2, 0.25) is 0 Å². The molecule has 0 aliphatic heterocycles. The maximum atomic E-state index is 13.2. The highest BCUT2D eigenvalue weighted by Crippen LogP contribution is 2.20. The summed E-state index contributed by atoms with van der Waals surface area (Å²) in [5.41, 5.74) is 0.326. The van der Waals surface area contributed by atoms with Crippen LogP contribution >= 0.6 is 0 Å². The van der Waals surface area contributed by atoms with Gasteiger partial charge in [0.2, 0.25) is 0 Å². The molecule has 1 N–H and O–H groups in total. The molecular formula is C10H12FNO3. The van der Waals surface area contributed by atoms with Gasteiger partial charge in [0.25, 0.3) is 0 Å². The summed E-state index contributed by atoms with van der Waals surface area (Å²) >= 11 is 0. The smallest absolute Gasteiger partial charge is 0.411 e. The van der Waals surface area contributed by atoms with Gasteiger partial charge in [0.15, 0.2) is 11.6 Å². The van der Waals surface area contributed by atoms with E-state index in [1.54, 1.807) is 6.92 Å². The first-order valence-electron chi connectivity index (χ1n) is 4.44. The van der Waals surface area contributed by atoms with Crippen molar-refractivity contribution in [2.45, 2.75) is 6.92 Å². The molecule has 0 spiro atoms. The predicted octanol–water partition coefficient (Wildman–Crippen LogP) is 2.40. The number of halogens is 1. The second-order valence-electron chi connectivity index (χ2n) is 2.69. The highest BCUT2D eigenvalue weighted by atomic mass is 19.1. The van der Waals surface area contributed by atoms with E-state index in [1.807, 2.05) is 0 Å². The molecule has 0 aromatic heterocycles. The first kappa shape index (κ1) is 11.3. The third-order valence-corrected chi connectivity index (χ3v) is 1.67. The van der Waals surface area contributed by atoms with Gasteiger partial charge < -0.3 is 9.47 Å². The van der Waals surface area contributed by atoms with Crippen LogP contribution in [0.15, 0.2) is 18.2 Å². The Bertz CT molecular complexity index is 355. The monoisotopic (exact) mass is 213 g/mol. The SMILES string of the molecule is CCOC(=O)Nc1ccc(OC)c(F)c1. The minimum atomic E-state index is -0.609. The molecule has 0 aliphatic carbocycles. The van der Waals surface area contributed by atoms with E-state index >= 15 is 0 Å². The van der Waals surface area contributed by atoms with Crippen LogP contribution in [0.25, 0.3) is 0 Å². The number of methoxy groups -OCH3 is 1. The van der Waals surface area contributed by atoms with E-state index in [2.05, 4.69) is 10.1 Å². The number of nitrogens with one attached hydrogen (secondary N) is 1. The largest absolute Gasteiger partial charge is 0.494 e. The van der Waals surface area contributed by atoms with Crippen LogP contribution in [0.3, 0.4) is 0 Å². The van der Waals surface area contributed by atoms with Crippen molar-refractivity contribution in [2.75, 3.05) is 19.0 Å². The van der Waals surface area contributed by atoms with E-state index in [1.165, 1.54) is 19.2 Å². The Morgan fingerprint density at radius 1 is 1.53 bits per heavy atom. The molecule has 1 aromatic rings. The molecule has 82 valence electrons. The number of anilines is 1. The number of rotatable bonds is 3. The van der Waals surface area contributed by atoms with Crippen molar-refractivity contribution in [1.29, 1.82) is 0 Å². The van der Waals surface area contributed by atoms with E-state index < -0.39 is 11.9 Å². The number of carbonyl (C=O) groups excluding carboxylic acids is 1. The molecule has 0 unspecified atom stereocenters. The number of carbonyl (C=O) groups is 1. The minimum Gasteiger partial charge on any atom is -0.494 e. The fraction of sp³-hybridized carbons (Fsp3) is 0.300. The molecule has 0 aliphatic rings. The van der Waals surface area contributed by atoms with Crippen LogP contribution in [0.1, 0.15) is 6.92 Å². The molecule has 5 heteroatoms. The van der Waals surface area contributed by atoms with E-state index in [9.17, 15) is 9.18 Å². The highest BCUT2D eigenvalue weighted by molar-refractivity contribution is 5.84. The summed E-state index contributed by atoms with van der Waals surface area (Å²) in [7, 11) is 1.37. The van der Waals surface area contributed by atoms with Gasteiger partial charge in [-0.25, -0.2) is 9.18 Å². The molecule has 0 bridgehead atoms. The Balaban J connectivity index is 2.71. The molecule has 1 aromatic carbocycles. The molecule has 1 rings (SSSR count). The molecule has 4 nitrogen and oxygen atoms in total. The Hall–Kier alpha value is -1.78. The maximum Gasteiger partial charge on any atom is 0.411 e. The van der Waals surface area contributed by atoms with Crippen molar-refractivity contribution in [3.63, 3.8) is 0 Å². The van der Waals surface area contributed by atoms with Crippen LogP contribution in [0.4, 0.5) is 14.9 Å². The molecule has 0 atom stereocenters. The summed E-state index contributed by atoms with van der Waals surface area (Å²) in [6.45, 7) is 1.96. The Morgan fingerprint density at radius 3 is 2.80 bits per heavy atom. The molecule has 0 radical (unpaired) electrons. The summed E-state index contributed by atoms with van der Waals surface area (Å²) in [5, 5.41) is 2.38. The van der Waals surface area contributed by atoms with Gasteiger partial charge in [-0.15, -0.1) is 0 Å². The number of hydrogen-bond donors (Lipinski definition) is 1. The van der Waals surface area contributed by atoms with Crippen molar-refractivity contribution in [3.8, 4) is 5.75 Å². The molecular weight excluding hydrogens is 201 g/mol. The fourth-order valence-corrected chi connectivity index (χ4v) is 1.03. The Kier molecular flexibility index (Phi) is 3.91. The van der Waals surface area contributed by atoms with Crippen LogP contribution in [-0.2, 0) is 4.74 Å². The number of ether oxygens (including phenoxy) is 2. The zero-order valence-corrected chi connectivity index (χ0v) is 8.54. The van der Waals surface area contributed by atoms with Gasteiger partial charge in [-0.2, -0.15) is 0 Å². The lowest BCUT2D eigenvalue weighted by Gasteiger charge is -2.06. The quantitative estimate of drug-likeness (QED) is 0.838. The third-order valence-electron chi connectivity index (χ3n) is 1.67. The lowest BCUT2D eigenvalue weighted by molar-refractivity contribution is 0.168. The van der Waals surface area contributed by atoms with Crippen LogP contribution in [-0.4, -0.2) is 19.8 Å². The second kappa shape index (κ2) is 5.19. The van der Waals surface area contributed by atoms with Gasteiger partial charge in [-0.3, -0.25) is 5.32 Å². The van der Waals surface area contributed by atoms with Crippen LogP contribution in [0.5, 0.6) is 5.75 Å². The lowest BCUT2D eigenvalue weighted by Crippen LogP contribution is -2.13. The number of amides is 1. The van der Waals surface area contributed by atoms with E-state index in [0.29, 0.717) is 5.69 Å². The van der Waals surface area contributed by atoms with Crippen molar-refractivity contribution in [3.05, 3.63) is 24.0 Å². The number of hydrogen-bond acceptors (Lipinski definition) is 3. The normalized spacial score (nSPS) is 9.53. The third kappa shape index (κ3) is 3.12. The zero-order chi connectivity index (χ0) is 11.3. The first-order valence-corrected chi connectivity index (χ1v) is 4.44. The minimum absolute atomic E-state index is 0.129. The second-order valence-corrected chi connectivity index (χ2v) is 2.69. The van der Waals surface area contributed by atoms with Crippen molar-refractivity contribution in [2.24, 2.45) is 0 Å². The molecule has 0 saturated heterocycles. The average molecular weight is 213 g/mol. The average Bonchev–Trinajstić information content (AvgIpc) is 2.18. The van der Waals surface area contributed by atoms with Gasteiger partial charge in [-0.1, -0.05) is 0 Å². The van der Waals surface area contributed by atoms with Gasteiger partial charge in [-0.05, 0) is 19.1 Å². The lowest BCUT2D eigenvalue weighted by atomic mass is 10.3. The standard InChI is InChI=1S/C10H12FNO3/c1-3-15-10(13)12-7-4-5-9(14-2)8(11)6-7/h4-6H,3H2,1-2H3,(H,12,13). The summed E-state index contributed by atoms with van der Waals surface area (Å²) < 4.78 is 22.5. The van der Waals surface area contributed by atoms with E-state index in [0.717, 1.165) is 6.07 Å². The van der Waals surface area contributed by atoms with Gasteiger partial charge in [0, 0.05) is 11.8 Å². The van der Waals surface area contributed by atoms with Gasteiger partial charge in [0.1, 0.15) is 0 Å². The summed E-state index contributed by atoms with van der Waals surface area (Å²) in [4.78, 5) is 11.0. The highest BCUT2D eigenvalue weighted by Gasteiger charge is 2.06. The zero-order valence-electron chi connectivity index (χ0n) is 8.54. The Labute approximate surface area is 87.0 Å². The van der Waals surface area contributed by atoms with E-state index in [4.69, 9.17) is 4.74 Å². The van der Waals surface area contributed by atoms with E-state index in [-0.39, 0.29) is 12.4 Å². The summed E-state index contributed by atoms with van der Waals surface area (Å²) in [5.74, 6) is -0.406. The molecule has 0 fully saturated rings. The summed E-state index contributed by atoms with van der Waals surface area (Å²) in [6, 6.07) is 4.12. The van der Waals surface area contributed by atoms with Crippen molar-refractivity contribution in [1.82, 2.24) is 0 Å². The first-order chi connectivity index (χ1) is 7.17. The maximum absolute atomic E-state index is 13.2. The molecule has 1 amide bonds. The van der Waals surface area contributed by atoms with Gasteiger partial charge in [0.05, 0.1) is 13.7 Å². The molecule has 0 heterocycles. The topological polar surface area (TPSA) is 47.6 Å². The van der Waals surface area contributed by atoms with Gasteiger partial charge >= 0.3 is 6.09 Å². The van der Waals surface area contributed by atoms with Crippen molar-refractivity contribution >= 4 is 11.8 Å².